The average Bonchev–Trinajstić information content (AvgIpc) is 2.89. The third-order valence-electron chi connectivity index (χ3n) is 8.48. The van der Waals surface area contributed by atoms with Crippen molar-refractivity contribution < 1.29 is 23.0 Å². The normalized spacial score (nSPS) is 33.4. The van der Waals surface area contributed by atoms with Crippen molar-refractivity contribution in [2.75, 3.05) is 19.7 Å². The van der Waals surface area contributed by atoms with E-state index in [0.29, 0.717) is 12.3 Å². The molecule has 3 rings (SSSR count). The molecule has 0 aromatic carbocycles. The van der Waals surface area contributed by atoms with Gasteiger partial charge in [-0.3, -0.25) is 15.4 Å². The van der Waals surface area contributed by atoms with Crippen LogP contribution in [-0.2, 0) is 14.3 Å². The number of hydrogen-bond donors (Lipinski definition) is 2. The molecule has 2 saturated carbocycles. The van der Waals surface area contributed by atoms with Gasteiger partial charge in [0.2, 0.25) is 0 Å². The van der Waals surface area contributed by atoms with E-state index >= 15 is 0 Å². The fraction of sp³-hybridized carbons (Fsp3) is 0.966. The third kappa shape index (κ3) is 10.5. The van der Waals surface area contributed by atoms with E-state index in [2.05, 4.69) is 17.6 Å². The molecule has 3 aliphatic rings. The van der Waals surface area contributed by atoms with E-state index in [1.165, 1.54) is 57.8 Å². The maximum Gasteiger partial charge on any atom is 0.309 e. The summed E-state index contributed by atoms with van der Waals surface area (Å²) in [7, 11) is 0. The number of carbonyl (C=O) groups is 1. The number of ether oxygens (including phenoxy) is 2. The Morgan fingerprint density at radius 3 is 1.97 bits per heavy atom. The van der Waals surface area contributed by atoms with Crippen molar-refractivity contribution >= 4 is 5.97 Å². The number of unbranched alkanes of at least 4 members (excludes halogenated alkanes) is 9. The molecule has 3 atom stereocenters. The van der Waals surface area contributed by atoms with Crippen molar-refractivity contribution in [3.8, 4) is 0 Å². The molecule has 2 aliphatic carbocycles. The Morgan fingerprint density at radius 1 is 0.750 bits per heavy atom. The minimum Gasteiger partial charge on any atom is -0.462 e. The van der Waals surface area contributed by atoms with Gasteiger partial charge in [-0.15, -0.1) is 0 Å². The van der Waals surface area contributed by atoms with Crippen LogP contribution in [0.2, 0.25) is 0 Å². The van der Waals surface area contributed by atoms with Crippen LogP contribution in [0.4, 0.5) is 8.78 Å². The number of carbonyl (C=O) groups excluding carboxylic acids is 1. The Kier molecular flexibility index (Phi) is 14.0. The molecule has 0 spiro atoms. The number of nitrogens with one attached hydrogen (secondary N) is 2. The van der Waals surface area contributed by atoms with Gasteiger partial charge in [0, 0.05) is 19.7 Å². The first-order chi connectivity index (χ1) is 17.6. The van der Waals surface area contributed by atoms with E-state index in [4.69, 9.17) is 9.47 Å². The lowest BCUT2D eigenvalue weighted by Gasteiger charge is -2.39. The highest BCUT2D eigenvalue weighted by Crippen LogP contribution is 2.33. The highest BCUT2D eigenvalue weighted by atomic mass is 19.2. The average molecular weight is 515 g/mol. The van der Waals surface area contributed by atoms with E-state index < -0.39 is 18.3 Å². The maximum absolute atomic E-state index is 13.6. The van der Waals surface area contributed by atoms with E-state index in [1.807, 2.05) is 0 Å². The second-order valence-electron chi connectivity index (χ2n) is 11.5. The van der Waals surface area contributed by atoms with Gasteiger partial charge in [-0.25, -0.2) is 8.78 Å². The van der Waals surface area contributed by atoms with Crippen molar-refractivity contribution in [2.45, 2.75) is 147 Å². The third-order valence-corrected chi connectivity index (χ3v) is 8.48. The van der Waals surface area contributed by atoms with E-state index in [9.17, 15) is 13.6 Å². The number of halogens is 2. The van der Waals surface area contributed by atoms with Crippen LogP contribution in [0.3, 0.4) is 0 Å². The standard InChI is InChI=1S/C29H52F2N2O3/c1-2-3-4-5-6-7-8-9-10-11-18-35-25-20-32-28(33-21-25)22-12-15-24(16-13-22)36-29(34)23-14-17-26(30)27(31)19-23/h22-28,32-33H,2-21H2,1H3. The van der Waals surface area contributed by atoms with E-state index in [-0.39, 0.29) is 37.2 Å². The van der Waals surface area contributed by atoms with Crippen molar-refractivity contribution in [3.05, 3.63) is 0 Å². The van der Waals surface area contributed by atoms with Crippen LogP contribution in [0.5, 0.6) is 0 Å². The molecule has 1 saturated heterocycles. The summed E-state index contributed by atoms with van der Waals surface area (Å²) in [5.41, 5.74) is 0. The largest absolute Gasteiger partial charge is 0.462 e. The highest BCUT2D eigenvalue weighted by Gasteiger charge is 2.37. The Balaban J connectivity index is 1.17. The van der Waals surface area contributed by atoms with Gasteiger partial charge in [-0.05, 0) is 57.3 Å². The van der Waals surface area contributed by atoms with Crippen LogP contribution in [0.25, 0.3) is 0 Å². The molecule has 0 aromatic rings. The smallest absolute Gasteiger partial charge is 0.309 e. The Morgan fingerprint density at radius 2 is 1.36 bits per heavy atom. The highest BCUT2D eigenvalue weighted by molar-refractivity contribution is 5.72. The van der Waals surface area contributed by atoms with E-state index in [1.54, 1.807) is 0 Å². The Bertz CT molecular complexity index is 595. The van der Waals surface area contributed by atoms with Crippen LogP contribution < -0.4 is 10.6 Å². The summed E-state index contributed by atoms with van der Waals surface area (Å²) >= 11 is 0. The molecule has 0 bridgehead atoms. The fourth-order valence-electron chi connectivity index (χ4n) is 6.04. The second kappa shape index (κ2) is 16.9. The molecule has 210 valence electrons. The quantitative estimate of drug-likeness (QED) is 0.196. The lowest BCUT2D eigenvalue weighted by atomic mass is 9.84. The minimum absolute atomic E-state index is 0.0340. The Labute approximate surface area is 218 Å². The number of alkyl halides is 2. The first kappa shape index (κ1) is 29.8. The van der Waals surface area contributed by atoms with Crippen LogP contribution in [-0.4, -0.2) is 56.4 Å². The van der Waals surface area contributed by atoms with Crippen LogP contribution in [0.15, 0.2) is 0 Å². The summed E-state index contributed by atoms with van der Waals surface area (Å²) in [4.78, 5) is 12.4. The predicted octanol–water partition coefficient (Wildman–Crippen LogP) is 6.39. The summed E-state index contributed by atoms with van der Waals surface area (Å²) in [5.74, 6) is -0.298. The zero-order valence-corrected chi connectivity index (χ0v) is 22.7. The topological polar surface area (TPSA) is 59.6 Å². The minimum atomic E-state index is -1.53. The van der Waals surface area contributed by atoms with Gasteiger partial charge >= 0.3 is 5.97 Å². The van der Waals surface area contributed by atoms with Crippen LogP contribution in [0, 0.1) is 11.8 Å². The number of rotatable bonds is 15. The van der Waals surface area contributed by atoms with Gasteiger partial charge < -0.3 is 9.47 Å². The van der Waals surface area contributed by atoms with Crippen LogP contribution >= 0.6 is 0 Å². The maximum atomic E-state index is 13.6. The molecule has 1 heterocycles. The van der Waals surface area contributed by atoms with Gasteiger partial charge in [-0.1, -0.05) is 64.7 Å². The first-order valence-corrected chi connectivity index (χ1v) is 15.1. The zero-order valence-electron chi connectivity index (χ0n) is 22.7. The summed E-state index contributed by atoms with van der Waals surface area (Å²) < 4.78 is 38.7. The summed E-state index contributed by atoms with van der Waals surface area (Å²) in [6.45, 7) is 4.88. The Hall–Kier alpha value is -0.790. The summed E-state index contributed by atoms with van der Waals surface area (Å²) in [6, 6.07) is 0. The van der Waals surface area contributed by atoms with Gasteiger partial charge in [0.15, 0.2) is 0 Å². The monoisotopic (exact) mass is 514 g/mol. The molecule has 5 nitrogen and oxygen atoms in total. The lowest BCUT2D eigenvalue weighted by molar-refractivity contribution is -0.158. The van der Waals surface area contributed by atoms with Gasteiger partial charge in [0.1, 0.15) is 18.4 Å². The molecule has 0 radical (unpaired) electrons. The molecule has 0 amide bonds. The summed E-state index contributed by atoms with van der Waals surface area (Å²) in [6.07, 6.45) is 15.0. The van der Waals surface area contributed by atoms with E-state index in [0.717, 1.165) is 51.8 Å². The van der Waals surface area contributed by atoms with Crippen molar-refractivity contribution in [1.82, 2.24) is 10.6 Å². The molecular formula is C29H52F2N2O3. The zero-order chi connectivity index (χ0) is 25.6. The predicted molar refractivity (Wildman–Crippen MR) is 140 cm³/mol. The molecular weight excluding hydrogens is 462 g/mol. The molecule has 3 fully saturated rings. The number of esters is 1. The fourth-order valence-corrected chi connectivity index (χ4v) is 6.04. The SMILES string of the molecule is CCCCCCCCCCCCOC1CNC(C2CCC(OC(=O)C3CCC(F)C(F)C3)CC2)NC1. The van der Waals surface area contributed by atoms with Gasteiger partial charge in [0.05, 0.1) is 18.2 Å². The molecule has 36 heavy (non-hydrogen) atoms. The van der Waals surface area contributed by atoms with Crippen molar-refractivity contribution in [3.63, 3.8) is 0 Å². The molecule has 1 aliphatic heterocycles. The van der Waals surface area contributed by atoms with Crippen molar-refractivity contribution in [2.24, 2.45) is 11.8 Å². The first-order valence-electron chi connectivity index (χ1n) is 15.1. The van der Waals surface area contributed by atoms with Gasteiger partial charge in [0.25, 0.3) is 0 Å². The molecule has 2 N–H and O–H groups in total. The molecule has 7 heteroatoms. The number of hydrogen-bond acceptors (Lipinski definition) is 5. The van der Waals surface area contributed by atoms with Crippen molar-refractivity contribution in [1.29, 1.82) is 0 Å². The van der Waals surface area contributed by atoms with Gasteiger partial charge in [-0.2, -0.15) is 0 Å². The molecule has 3 unspecified atom stereocenters. The summed E-state index contributed by atoms with van der Waals surface area (Å²) in [5, 5.41) is 7.25. The molecule has 0 aromatic heterocycles. The second-order valence-corrected chi connectivity index (χ2v) is 11.5. The lowest BCUT2D eigenvalue weighted by Crippen LogP contribution is -2.59. The van der Waals surface area contributed by atoms with Crippen LogP contribution in [0.1, 0.15) is 116 Å².